The number of hydrogen-bond donors (Lipinski definition) is 2. The van der Waals surface area contributed by atoms with Gasteiger partial charge in [-0.15, -0.1) is 0 Å². The number of allylic oxidation sites excluding steroid dienone is 1. The van der Waals surface area contributed by atoms with Gasteiger partial charge < -0.3 is 10.3 Å². The third kappa shape index (κ3) is 1.54. The van der Waals surface area contributed by atoms with Crippen molar-refractivity contribution in [3.63, 3.8) is 0 Å². The third-order valence-corrected chi connectivity index (χ3v) is 2.62. The van der Waals surface area contributed by atoms with Crippen LogP contribution >= 0.6 is 15.9 Å². The van der Waals surface area contributed by atoms with Crippen LogP contribution in [0, 0.1) is 0 Å². The normalized spacial score (nSPS) is 15.9. The van der Waals surface area contributed by atoms with Gasteiger partial charge in [0.15, 0.2) is 5.78 Å². The predicted octanol–water partition coefficient (Wildman–Crippen LogP) is 2.68. The number of nitrogens with one attached hydrogen (secondary N) is 2. The molecule has 1 aliphatic heterocycles. The Morgan fingerprint density at radius 3 is 3.15 bits per heavy atom. The summed E-state index contributed by atoms with van der Waals surface area (Å²) in [5.74, 6) is 0.151. The van der Waals surface area contributed by atoms with Gasteiger partial charge >= 0.3 is 0 Å². The van der Waals surface area contributed by atoms with Gasteiger partial charge in [0.1, 0.15) is 5.69 Å². The van der Waals surface area contributed by atoms with E-state index in [2.05, 4.69) is 26.2 Å². The Hall–Kier alpha value is -1.03. The lowest BCUT2D eigenvalue weighted by Gasteiger charge is -2.06. The molecule has 0 atom stereocenters. The van der Waals surface area contributed by atoms with Gasteiger partial charge in [-0.3, -0.25) is 4.79 Å². The van der Waals surface area contributed by atoms with Crippen molar-refractivity contribution in [3.8, 4) is 0 Å². The van der Waals surface area contributed by atoms with E-state index in [4.69, 9.17) is 0 Å². The largest absolute Gasteiger partial charge is 0.359 e. The molecule has 1 aromatic rings. The van der Waals surface area contributed by atoms with Crippen LogP contribution in [0.1, 0.15) is 23.3 Å². The Kier molecular flexibility index (Phi) is 2.22. The summed E-state index contributed by atoms with van der Waals surface area (Å²) in [6.07, 6.45) is 6.96. The molecule has 0 aromatic carbocycles. The van der Waals surface area contributed by atoms with Gasteiger partial charge in [0.25, 0.3) is 0 Å². The topological polar surface area (TPSA) is 44.9 Å². The average molecular weight is 241 g/mol. The Balaban J connectivity index is 2.46. The van der Waals surface area contributed by atoms with Gasteiger partial charge in [-0.2, -0.15) is 0 Å². The highest BCUT2D eigenvalue weighted by molar-refractivity contribution is 9.10. The zero-order chi connectivity index (χ0) is 9.26. The molecule has 0 radical (unpaired) electrons. The molecule has 13 heavy (non-hydrogen) atoms. The van der Waals surface area contributed by atoms with E-state index in [1.165, 1.54) is 0 Å². The minimum Gasteiger partial charge on any atom is -0.359 e. The van der Waals surface area contributed by atoms with Crippen LogP contribution < -0.4 is 5.32 Å². The van der Waals surface area contributed by atoms with E-state index in [0.29, 0.717) is 12.1 Å². The number of H-pyrrole nitrogens is 1. The van der Waals surface area contributed by atoms with Crippen molar-refractivity contribution in [2.45, 2.75) is 12.8 Å². The minimum atomic E-state index is 0.151. The Bertz CT molecular complexity index is 368. The van der Waals surface area contributed by atoms with Gasteiger partial charge in [-0.25, -0.2) is 0 Å². The summed E-state index contributed by atoms with van der Waals surface area (Å²) in [6.45, 7) is 0. The van der Waals surface area contributed by atoms with Crippen LogP contribution in [0.25, 0.3) is 0 Å². The van der Waals surface area contributed by atoms with E-state index in [1.807, 2.05) is 12.3 Å². The first-order valence-corrected chi connectivity index (χ1v) is 4.90. The van der Waals surface area contributed by atoms with Crippen LogP contribution in [0.2, 0.25) is 0 Å². The van der Waals surface area contributed by atoms with E-state index >= 15 is 0 Å². The second-order valence-corrected chi connectivity index (χ2v) is 3.75. The van der Waals surface area contributed by atoms with Crippen LogP contribution in [0.5, 0.6) is 0 Å². The lowest BCUT2D eigenvalue weighted by atomic mass is 10.1. The highest BCUT2D eigenvalue weighted by Gasteiger charge is 2.15. The van der Waals surface area contributed by atoms with E-state index in [0.717, 1.165) is 16.6 Å². The third-order valence-electron chi connectivity index (χ3n) is 1.99. The fraction of sp³-hybridized carbons (Fsp3) is 0.222. The van der Waals surface area contributed by atoms with Crippen molar-refractivity contribution in [1.82, 2.24) is 4.98 Å². The van der Waals surface area contributed by atoms with E-state index in [9.17, 15) is 4.79 Å². The van der Waals surface area contributed by atoms with Crippen molar-refractivity contribution >= 4 is 27.4 Å². The molecule has 1 aliphatic rings. The summed E-state index contributed by atoms with van der Waals surface area (Å²) in [4.78, 5) is 14.5. The molecule has 0 fully saturated rings. The number of rotatable bonds is 0. The average Bonchev–Trinajstić information content (AvgIpc) is 2.43. The number of aromatic nitrogens is 1. The summed E-state index contributed by atoms with van der Waals surface area (Å²) in [7, 11) is 0. The molecule has 2 heterocycles. The van der Waals surface area contributed by atoms with Gasteiger partial charge in [0.05, 0.1) is 10.2 Å². The fourth-order valence-corrected chi connectivity index (χ4v) is 1.75. The molecule has 3 nitrogen and oxygen atoms in total. The Labute approximate surface area is 84.3 Å². The number of Topliss-reactive ketones (excluding diaryl/α,β-unsaturated/α-hetero) is 1. The number of ketones is 1. The number of anilines is 1. The van der Waals surface area contributed by atoms with Crippen molar-refractivity contribution in [2.75, 3.05) is 5.32 Å². The monoisotopic (exact) mass is 240 g/mol. The van der Waals surface area contributed by atoms with Crippen LogP contribution in [0.4, 0.5) is 5.69 Å². The molecule has 0 amide bonds. The number of aromatic amines is 1. The van der Waals surface area contributed by atoms with Crippen LogP contribution in [0.15, 0.2) is 22.9 Å². The second kappa shape index (κ2) is 3.38. The van der Waals surface area contributed by atoms with Gasteiger partial charge in [-0.1, -0.05) is 6.08 Å². The molecular formula is C9H9BrN2O. The molecule has 4 heteroatoms. The van der Waals surface area contributed by atoms with Gasteiger partial charge in [0.2, 0.25) is 0 Å². The number of carbonyl (C=O) groups excluding carboxylic acids is 1. The quantitative estimate of drug-likeness (QED) is 0.733. The van der Waals surface area contributed by atoms with Crippen LogP contribution in [-0.2, 0) is 0 Å². The van der Waals surface area contributed by atoms with Crippen molar-refractivity contribution in [2.24, 2.45) is 0 Å². The van der Waals surface area contributed by atoms with Crippen LogP contribution in [-0.4, -0.2) is 10.8 Å². The van der Waals surface area contributed by atoms with E-state index in [1.54, 1.807) is 6.20 Å². The van der Waals surface area contributed by atoms with Crippen molar-refractivity contribution in [3.05, 3.63) is 28.6 Å². The molecule has 0 aliphatic carbocycles. The highest BCUT2D eigenvalue weighted by Crippen LogP contribution is 2.28. The summed E-state index contributed by atoms with van der Waals surface area (Å²) in [5, 5.41) is 3.06. The van der Waals surface area contributed by atoms with Gasteiger partial charge in [-0.05, 0) is 28.6 Å². The predicted molar refractivity (Wildman–Crippen MR) is 54.8 cm³/mol. The molecule has 0 saturated carbocycles. The minimum absolute atomic E-state index is 0.151. The Morgan fingerprint density at radius 1 is 1.46 bits per heavy atom. The number of hydrogen-bond acceptors (Lipinski definition) is 2. The summed E-state index contributed by atoms with van der Waals surface area (Å²) >= 11 is 3.36. The summed E-state index contributed by atoms with van der Waals surface area (Å²) < 4.78 is 0.891. The lowest BCUT2D eigenvalue weighted by molar-refractivity contribution is 0.0980. The van der Waals surface area contributed by atoms with Crippen LogP contribution in [0.3, 0.4) is 0 Å². The molecule has 68 valence electrons. The molecule has 2 rings (SSSR count). The standard InChI is InChI=1S/C9H9BrN2O/c10-6-5-12-9-7(13)3-1-2-4-11-8(6)9/h2,4-5,11-12H,1,3H2. The molecule has 2 N–H and O–H groups in total. The highest BCUT2D eigenvalue weighted by atomic mass is 79.9. The molecule has 1 aromatic heterocycles. The smallest absolute Gasteiger partial charge is 0.181 e. The SMILES string of the molecule is O=C1CCC=CNc2c(Br)c[nH]c21. The lowest BCUT2D eigenvalue weighted by Crippen LogP contribution is -2.04. The first-order valence-electron chi connectivity index (χ1n) is 4.10. The summed E-state index contributed by atoms with van der Waals surface area (Å²) in [5.41, 5.74) is 1.50. The molecule has 0 bridgehead atoms. The first-order chi connectivity index (χ1) is 6.29. The second-order valence-electron chi connectivity index (χ2n) is 2.90. The van der Waals surface area contributed by atoms with Gasteiger partial charge in [0, 0.05) is 12.6 Å². The molecule has 0 saturated heterocycles. The number of halogens is 1. The number of carbonyl (C=O) groups is 1. The molecule has 0 spiro atoms. The summed E-state index contributed by atoms with van der Waals surface area (Å²) in [6, 6.07) is 0. The van der Waals surface area contributed by atoms with E-state index < -0.39 is 0 Å². The zero-order valence-electron chi connectivity index (χ0n) is 6.93. The van der Waals surface area contributed by atoms with Crippen molar-refractivity contribution in [1.29, 1.82) is 0 Å². The number of fused-ring (bicyclic) bond motifs is 1. The molecular weight excluding hydrogens is 232 g/mol. The maximum atomic E-state index is 11.5. The Morgan fingerprint density at radius 2 is 2.31 bits per heavy atom. The van der Waals surface area contributed by atoms with E-state index in [-0.39, 0.29) is 5.78 Å². The maximum Gasteiger partial charge on any atom is 0.181 e. The zero-order valence-corrected chi connectivity index (χ0v) is 8.52. The molecule has 0 unspecified atom stereocenters. The first kappa shape index (κ1) is 8.56. The fourth-order valence-electron chi connectivity index (χ4n) is 1.33. The van der Waals surface area contributed by atoms with Crippen molar-refractivity contribution < 1.29 is 4.79 Å². The maximum absolute atomic E-state index is 11.5.